The minimum Gasteiger partial charge on any atom is -0.322 e. The summed E-state index contributed by atoms with van der Waals surface area (Å²) in [6.45, 7) is 1.72. The van der Waals surface area contributed by atoms with Crippen LogP contribution in [0.5, 0.6) is 0 Å². The Balaban J connectivity index is 2.45. The molecule has 0 fully saturated rings. The fraction of sp³-hybridized carbons (Fsp3) is 0.0625. The Morgan fingerprint density at radius 2 is 1.81 bits per heavy atom. The number of pyridine rings is 1. The topological polar surface area (TPSA) is 76.0 Å². The number of hydrogen-bond donors (Lipinski definition) is 1. The van der Waals surface area contributed by atoms with Gasteiger partial charge in [-0.2, -0.15) is 0 Å². The van der Waals surface area contributed by atoms with Gasteiger partial charge in [0.2, 0.25) is 0 Å². The van der Waals surface area contributed by atoms with Crippen LogP contribution < -0.4 is 5.56 Å². The smallest absolute Gasteiger partial charge is 0.270 e. The number of aromatic nitrogens is 1. The average molecular weight is 280 g/mol. The molecule has 1 heterocycles. The molecule has 1 aromatic heterocycles. The zero-order chi connectivity index (χ0) is 15.0. The van der Waals surface area contributed by atoms with Gasteiger partial charge in [-0.15, -0.1) is 0 Å². The minimum atomic E-state index is -0.436. The van der Waals surface area contributed by atoms with Gasteiger partial charge in [0.15, 0.2) is 0 Å². The lowest BCUT2D eigenvalue weighted by Gasteiger charge is -2.10. The monoisotopic (exact) mass is 280 g/mol. The lowest BCUT2D eigenvalue weighted by molar-refractivity contribution is -0.384. The van der Waals surface area contributed by atoms with Crippen LogP contribution in [0.25, 0.3) is 22.0 Å². The van der Waals surface area contributed by atoms with Crippen LogP contribution in [-0.4, -0.2) is 9.91 Å². The number of nitro benzene ring substituents is 1. The van der Waals surface area contributed by atoms with Crippen molar-refractivity contribution >= 4 is 16.6 Å². The first-order valence-electron chi connectivity index (χ1n) is 6.44. The number of rotatable bonds is 2. The summed E-state index contributed by atoms with van der Waals surface area (Å²) in [6.07, 6.45) is 0. The van der Waals surface area contributed by atoms with Crippen molar-refractivity contribution < 1.29 is 4.92 Å². The molecule has 21 heavy (non-hydrogen) atoms. The highest BCUT2D eigenvalue weighted by Gasteiger charge is 2.14. The van der Waals surface area contributed by atoms with Crippen LogP contribution in [0.2, 0.25) is 0 Å². The van der Waals surface area contributed by atoms with E-state index in [-0.39, 0.29) is 11.2 Å². The van der Waals surface area contributed by atoms with Crippen LogP contribution in [-0.2, 0) is 0 Å². The summed E-state index contributed by atoms with van der Waals surface area (Å²) in [6, 6.07) is 13.9. The molecule has 0 atom stereocenters. The highest BCUT2D eigenvalue weighted by atomic mass is 16.6. The van der Waals surface area contributed by atoms with E-state index in [4.69, 9.17) is 0 Å². The molecule has 1 N–H and O–H groups in total. The third kappa shape index (κ3) is 2.18. The maximum atomic E-state index is 12.1. The lowest BCUT2D eigenvalue weighted by Crippen LogP contribution is -2.11. The molecule has 0 unspecified atom stereocenters. The number of fused-ring (bicyclic) bond motifs is 1. The number of nitrogens with zero attached hydrogens (tertiary/aromatic N) is 1. The van der Waals surface area contributed by atoms with Crippen LogP contribution in [0.3, 0.4) is 0 Å². The summed E-state index contributed by atoms with van der Waals surface area (Å²) < 4.78 is 0. The third-order valence-corrected chi connectivity index (χ3v) is 3.51. The predicted octanol–water partition coefficient (Wildman–Crippen LogP) is 3.41. The van der Waals surface area contributed by atoms with Gasteiger partial charge in [0, 0.05) is 28.6 Å². The molecule has 0 aliphatic rings. The Labute approximate surface area is 120 Å². The van der Waals surface area contributed by atoms with Gasteiger partial charge in [-0.3, -0.25) is 14.9 Å². The van der Waals surface area contributed by atoms with Crippen LogP contribution in [0, 0.1) is 17.0 Å². The standard InChI is InChI=1S/C16H12N2O3/c1-10-15(11-5-3-2-4-6-11)13-9-12(18(20)21)7-8-14(13)17-16(10)19/h2-9H,1H3,(H,17,19). The second-order valence-corrected chi connectivity index (χ2v) is 4.81. The van der Waals surface area contributed by atoms with Crippen LogP contribution in [0.15, 0.2) is 53.3 Å². The molecule has 104 valence electrons. The van der Waals surface area contributed by atoms with E-state index in [1.165, 1.54) is 12.1 Å². The van der Waals surface area contributed by atoms with Crippen LogP contribution in [0.4, 0.5) is 5.69 Å². The van der Waals surface area contributed by atoms with Gasteiger partial charge in [0.25, 0.3) is 11.2 Å². The maximum Gasteiger partial charge on any atom is 0.270 e. The summed E-state index contributed by atoms with van der Waals surface area (Å²) in [4.78, 5) is 25.4. The Bertz CT molecular complexity index is 899. The molecular weight excluding hydrogens is 268 g/mol. The highest BCUT2D eigenvalue weighted by molar-refractivity contribution is 5.97. The Morgan fingerprint density at radius 3 is 2.48 bits per heavy atom. The van der Waals surface area contributed by atoms with Gasteiger partial charge in [0.1, 0.15) is 0 Å². The molecule has 3 aromatic rings. The quantitative estimate of drug-likeness (QED) is 0.577. The zero-order valence-electron chi connectivity index (χ0n) is 11.3. The molecule has 0 saturated heterocycles. The number of benzene rings is 2. The van der Waals surface area contributed by atoms with E-state index in [9.17, 15) is 14.9 Å². The molecule has 5 nitrogen and oxygen atoms in total. The maximum absolute atomic E-state index is 12.1. The van der Waals surface area contributed by atoms with Crippen LogP contribution in [0.1, 0.15) is 5.56 Å². The van der Waals surface area contributed by atoms with Gasteiger partial charge in [-0.25, -0.2) is 0 Å². The summed E-state index contributed by atoms with van der Waals surface area (Å²) in [5.41, 5.74) is 2.57. The van der Waals surface area contributed by atoms with Gasteiger partial charge in [0.05, 0.1) is 4.92 Å². The number of H-pyrrole nitrogens is 1. The summed E-state index contributed by atoms with van der Waals surface area (Å²) in [5.74, 6) is 0. The summed E-state index contributed by atoms with van der Waals surface area (Å²) in [7, 11) is 0. The highest BCUT2D eigenvalue weighted by Crippen LogP contribution is 2.31. The number of nitrogens with one attached hydrogen (secondary N) is 1. The molecule has 0 radical (unpaired) electrons. The van der Waals surface area contributed by atoms with Crippen molar-refractivity contribution in [1.29, 1.82) is 0 Å². The normalized spacial score (nSPS) is 10.7. The van der Waals surface area contributed by atoms with Crippen molar-refractivity contribution in [1.82, 2.24) is 4.98 Å². The Hall–Kier alpha value is -2.95. The zero-order valence-corrected chi connectivity index (χ0v) is 11.3. The molecule has 0 aliphatic heterocycles. The summed E-state index contributed by atoms with van der Waals surface area (Å²) >= 11 is 0. The molecule has 0 amide bonds. The van der Waals surface area contributed by atoms with Gasteiger partial charge in [-0.1, -0.05) is 30.3 Å². The number of nitro groups is 1. The third-order valence-electron chi connectivity index (χ3n) is 3.51. The first-order valence-corrected chi connectivity index (χ1v) is 6.44. The molecule has 0 aliphatic carbocycles. The van der Waals surface area contributed by atoms with Gasteiger partial charge < -0.3 is 4.98 Å². The van der Waals surface area contributed by atoms with Crippen molar-refractivity contribution in [2.45, 2.75) is 6.92 Å². The largest absolute Gasteiger partial charge is 0.322 e. The van der Waals surface area contributed by atoms with Crippen molar-refractivity contribution in [2.75, 3.05) is 0 Å². The molecule has 0 saturated carbocycles. The first kappa shape index (κ1) is 13.1. The van der Waals surface area contributed by atoms with Crippen molar-refractivity contribution in [3.63, 3.8) is 0 Å². The molecule has 0 spiro atoms. The van der Waals surface area contributed by atoms with E-state index in [0.717, 1.165) is 11.1 Å². The van der Waals surface area contributed by atoms with Crippen molar-refractivity contribution in [3.05, 3.63) is 74.6 Å². The van der Waals surface area contributed by atoms with E-state index >= 15 is 0 Å². The number of non-ortho nitro benzene ring substituents is 1. The first-order chi connectivity index (χ1) is 10.1. The van der Waals surface area contributed by atoms with E-state index in [1.54, 1.807) is 13.0 Å². The predicted molar refractivity (Wildman–Crippen MR) is 81.4 cm³/mol. The average Bonchev–Trinajstić information content (AvgIpc) is 2.49. The molecule has 0 bridgehead atoms. The van der Waals surface area contributed by atoms with E-state index < -0.39 is 4.92 Å². The number of hydrogen-bond acceptors (Lipinski definition) is 3. The summed E-state index contributed by atoms with van der Waals surface area (Å²) in [5, 5.41) is 11.7. The Morgan fingerprint density at radius 1 is 1.10 bits per heavy atom. The van der Waals surface area contributed by atoms with E-state index in [1.807, 2.05) is 30.3 Å². The Kier molecular flexibility index (Phi) is 3.02. The molecule has 2 aromatic carbocycles. The molecular formula is C16H12N2O3. The fourth-order valence-electron chi connectivity index (χ4n) is 2.47. The minimum absolute atomic E-state index is 0.00568. The van der Waals surface area contributed by atoms with Crippen molar-refractivity contribution in [3.8, 4) is 11.1 Å². The van der Waals surface area contributed by atoms with Gasteiger partial charge >= 0.3 is 0 Å². The fourth-order valence-corrected chi connectivity index (χ4v) is 2.47. The lowest BCUT2D eigenvalue weighted by atomic mass is 9.97. The SMILES string of the molecule is Cc1c(-c2ccccc2)c2cc([N+](=O)[O-])ccc2[nH]c1=O. The van der Waals surface area contributed by atoms with E-state index in [0.29, 0.717) is 16.5 Å². The molecule has 3 rings (SSSR count). The second-order valence-electron chi connectivity index (χ2n) is 4.81. The van der Waals surface area contributed by atoms with Crippen molar-refractivity contribution in [2.24, 2.45) is 0 Å². The van der Waals surface area contributed by atoms with Gasteiger partial charge in [-0.05, 0) is 24.1 Å². The second kappa shape index (κ2) is 4.86. The van der Waals surface area contributed by atoms with Crippen LogP contribution >= 0.6 is 0 Å². The molecule has 5 heteroatoms. The van der Waals surface area contributed by atoms with E-state index in [2.05, 4.69) is 4.98 Å². The number of aromatic amines is 1.